The molecule has 2 heterocycles. The lowest BCUT2D eigenvalue weighted by atomic mass is 9.84. The Morgan fingerprint density at radius 3 is 2.56 bits per heavy atom. The van der Waals surface area contributed by atoms with E-state index in [9.17, 15) is 9.59 Å². The molecule has 0 unspecified atom stereocenters. The molecule has 1 aromatic rings. The summed E-state index contributed by atoms with van der Waals surface area (Å²) < 4.78 is 0. The molecule has 1 aromatic carbocycles. The van der Waals surface area contributed by atoms with E-state index >= 15 is 0 Å². The lowest BCUT2D eigenvalue weighted by Gasteiger charge is -2.46. The maximum absolute atomic E-state index is 13.0. The molecule has 5 nitrogen and oxygen atoms in total. The first-order chi connectivity index (χ1) is 13.2. The number of fused-ring (bicyclic) bond motifs is 1. The van der Waals surface area contributed by atoms with E-state index in [0.717, 1.165) is 25.9 Å². The van der Waals surface area contributed by atoms with Crippen LogP contribution in [0.25, 0.3) is 0 Å². The van der Waals surface area contributed by atoms with Gasteiger partial charge in [-0.1, -0.05) is 62.4 Å². The first kappa shape index (κ1) is 18.5. The molecule has 3 aliphatic rings. The third-order valence-corrected chi connectivity index (χ3v) is 6.52. The van der Waals surface area contributed by atoms with E-state index in [1.165, 1.54) is 37.7 Å². The SMILES string of the molecule is O=C1N[C@@H](CC2CCCCC2)C(=O)N2CCN(CCc3ccccc3)C[C@H]12. The largest absolute Gasteiger partial charge is 0.342 e. The zero-order valence-electron chi connectivity index (χ0n) is 16.1. The Bertz CT molecular complexity index is 657. The standard InChI is InChI=1S/C22H31N3O2/c26-21-20-16-24(12-11-17-7-3-1-4-8-17)13-14-25(20)22(27)19(23-21)15-18-9-5-2-6-10-18/h1,3-4,7-8,18-20H,2,5-6,9-16H2,(H,23,26)/t19-,20+/m0/s1. The topological polar surface area (TPSA) is 52.7 Å². The van der Waals surface area contributed by atoms with Crippen LogP contribution in [0.1, 0.15) is 44.1 Å². The van der Waals surface area contributed by atoms with Gasteiger partial charge < -0.3 is 10.2 Å². The zero-order valence-corrected chi connectivity index (χ0v) is 16.1. The van der Waals surface area contributed by atoms with Crippen molar-refractivity contribution in [1.29, 1.82) is 0 Å². The molecule has 5 heteroatoms. The average molecular weight is 370 g/mol. The smallest absolute Gasteiger partial charge is 0.245 e. The van der Waals surface area contributed by atoms with Crippen LogP contribution in [-0.2, 0) is 16.0 Å². The van der Waals surface area contributed by atoms with Crippen molar-refractivity contribution in [2.24, 2.45) is 5.92 Å². The molecular formula is C22H31N3O2. The Hall–Kier alpha value is -1.88. The molecule has 0 spiro atoms. The second-order valence-electron chi connectivity index (χ2n) is 8.38. The third-order valence-electron chi connectivity index (χ3n) is 6.52. The van der Waals surface area contributed by atoms with E-state index in [0.29, 0.717) is 19.0 Å². The number of rotatable bonds is 5. The maximum atomic E-state index is 13.0. The quantitative estimate of drug-likeness (QED) is 0.866. The van der Waals surface area contributed by atoms with E-state index < -0.39 is 0 Å². The Balaban J connectivity index is 1.32. The fourth-order valence-electron chi connectivity index (χ4n) is 4.91. The molecule has 0 aromatic heterocycles. The number of hydrogen-bond donors (Lipinski definition) is 1. The van der Waals surface area contributed by atoms with Gasteiger partial charge in [-0.05, 0) is 24.3 Å². The van der Waals surface area contributed by atoms with Gasteiger partial charge >= 0.3 is 0 Å². The van der Waals surface area contributed by atoms with Crippen LogP contribution in [0.2, 0.25) is 0 Å². The first-order valence-corrected chi connectivity index (χ1v) is 10.6. The van der Waals surface area contributed by atoms with E-state index in [4.69, 9.17) is 0 Å². The van der Waals surface area contributed by atoms with Gasteiger partial charge in [0.1, 0.15) is 12.1 Å². The Morgan fingerprint density at radius 2 is 1.78 bits per heavy atom. The predicted molar refractivity (Wildman–Crippen MR) is 105 cm³/mol. The molecule has 1 saturated carbocycles. The van der Waals surface area contributed by atoms with Gasteiger partial charge in [-0.2, -0.15) is 0 Å². The predicted octanol–water partition coefficient (Wildman–Crippen LogP) is 2.21. The molecule has 2 aliphatic heterocycles. The Labute approximate surface area is 162 Å². The van der Waals surface area contributed by atoms with Crippen LogP contribution < -0.4 is 5.32 Å². The Morgan fingerprint density at radius 1 is 1.00 bits per heavy atom. The minimum Gasteiger partial charge on any atom is -0.342 e. The van der Waals surface area contributed by atoms with Crippen LogP contribution in [-0.4, -0.2) is 59.9 Å². The van der Waals surface area contributed by atoms with Crippen LogP contribution in [0.15, 0.2) is 30.3 Å². The summed E-state index contributed by atoms with van der Waals surface area (Å²) in [5.74, 6) is 0.782. The van der Waals surface area contributed by atoms with Gasteiger partial charge in [0.15, 0.2) is 0 Å². The molecule has 0 radical (unpaired) electrons. The lowest BCUT2D eigenvalue weighted by Crippen LogP contribution is -2.69. The second-order valence-corrected chi connectivity index (χ2v) is 8.38. The van der Waals surface area contributed by atoms with Crippen molar-refractivity contribution in [1.82, 2.24) is 15.1 Å². The van der Waals surface area contributed by atoms with Crippen LogP contribution >= 0.6 is 0 Å². The van der Waals surface area contributed by atoms with Gasteiger partial charge in [-0.3, -0.25) is 14.5 Å². The summed E-state index contributed by atoms with van der Waals surface area (Å²) in [6.45, 7) is 3.12. The molecule has 1 N–H and O–H groups in total. The minimum absolute atomic E-state index is 0.0415. The van der Waals surface area contributed by atoms with Gasteiger partial charge in [0.25, 0.3) is 0 Å². The van der Waals surface area contributed by atoms with Gasteiger partial charge in [-0.25, -0.2) is 0 Å². The minimum atomic E-state index is -0.315. The number of amides is 2. The lowest BCUT2D eigenvalue weighted by molar-refractivity contribution is -0.153. The number of piperazine rings is 2. The van der Waals surface area contributed by atoms with Crippen molar-refractivity contribution in [3.63, 3.8) is 0 Å². The summed E-state index contributed by atoms with van der Waals surface area (Å²) in [6.07, 6.45) is 8.06. The van der Waals surface area contributed by atoms with Crippen molar-refractivity contribution in [3.05, 3.63) is 35.9 Å². The fourth-order valence-corrected chi connectivity index (χ4v) is 4.91. The normalized spacial score (nSPS) is 27.3. The summed E-state index contributed by atoms with van der Waals surface area (Å²) in [5.41, 5.74) is 1.32. The van der Waals surface area contributed by atoms with Crippen LogP contribution in [0, 0.1) is 5.92 Å². The summed E-state index contributed by atoms with van der Waals surface area (Å²) in [6, 6.07) is 9.83. The Kier molecular flexibility index (Phi) is 5.77. The highest BCUT2D eigenvalue weighted by molar-refractivity contribution is 5.97. The molecule has 2 amide bonds. The van der Waals surface area contributed by atoms with Crippen molar-refractivity contribution >= 4 is 11.8 Å². The fraction of sp³-hybridized carbons (Fsp3) is 0.636. The first-order valence-electron chi connectivity index (χ1n) is 10.6. The van der Waals surface area contributed by atoms with E-state index in [1.807, 2.05) is 11.0 Å². The maximum Gasteiger partial charge on any atom is 0.245 e. The molecule has 2 atom stereocenters. The monoisotopic (exact) mass is 369 g/mol. The molecule has 1 aliphatic carbocycles. The highest BCUT2D eigenvalue weighted by Gasteiger charge is 2.43. The number of carbonyl (C=O) groups excluding carboxylic acids is 2. The van der Waals surface area contributed by atoms with Crippen LogP contribution in [0.5, 0.6) is 0 Å². The summed E-state index contributed by atoms with van der Waals surface area (Å²) >= 11 is 0. The number of hydrogen-bond acceptors (Lipinski definition) is 3. The number of nitrogens with zero attached hydrogens (tertiary/aromatic N) is 2. The van der Waals surface area contributed by atoms with E-state index in [-0.39, 0.29) is 23.9 Å². The van der Waals surface area contributed by atoms with Crippen molar-refractivity contribution in [3.8, 4) is 0 Å². The molecular weight excluding hydrogens is 338 g/mol. The number of benzene rings is 1. The average Bonchev–Trinajstić information content (AvgIpc) is 2.72. The molecule has 2 saturated heterocycles. The van der Waals surface area contributed by atoms with Crippen LogP contribution in [0.3, 0.4) is 0 Å². The second kappa shape index (κ2) is 8.42. The third kappa shape index (κ3) is 4.34. The zero-order chi connectivity index (χ0) is 18.6. The van der Waals surface area contributed by atoms with Crippen molar-refractivity contribution in [2.45, 2.75) is 57.0 Å². The molecule has 3 fully saturated rings. The number of nitrogens with one attached hydrogen (secondary N) is 1. The van der Waals surface area contributed by atoms with Gasteiger partial charge in [0.2, 0.25) is 11.8 Å². The molecule has 146 valence electrons. The molecule has 0 bridgehead atoms. The summed E-state index contributed by atoms with van der Waals surface area (Å²) in [5, 5.41) is 3.05. The van der Waals surface area contributed by atoms with Crippen molar-refractivity contribution < 1.29 is 9.59 Å². The van der Waals surface area contributed by atoms with E-state index in [1.54, 1.807) is 0 Å². The molecule has 27 heavy (non-hydrogen) atoms. The van der Waals surface area contributed by atoms with Crippen LogP contribution in [0.4, 0.5) is 0 Å². The highest BCUT2D eigenvalue weighted by atomic mass is 16.2. The molecule has 4 rings (SSSR count). The number of carbonyl (C=O) groups is 2. The highest BCUT2D eigenvalue weighted by Crippen LogP contribution is 2.29. The van der Waals surface area contributed by atoms with Gasteiger partial charge in [0.05, 0.1) is 0 Å². The van der Waals surface area contributed by atoms with Gasteiger partial charge in [-0.15, -0.1) is 0 Å². The van der Waals surface area contributed by atoms with Crippen molar-refractivity contribution in [2.75, 3.05) is 26.2 Å². The summed E-state index contributed by atoms with van der Waals surface area (Å²) in [4.78, 5) is 29.8. The van der Waals surface area contributed by atoms with Gasteiger partial charge in [0, 0.05) is 26.2 Å². The van der Waals surface area contributed by atoms with E-state index in [2.05, 4.69) is 34.5 Å². The summed E-state index contributed by atoms with van der Waals surface area (Å²) in [7, 11) is 0.